The summed E-state index contributed by atoms with van der Waals surface area (Å²) in [6.07, 6.45) is 0. The molecule has 3 heterocycles. The summed E-state index contributed by atoms with van der Waals surface area (Å²) in [5, 5.41) is 15.9. The van der Waals surface area contributed by atoms with E-state index in [9.17, 15) is 0 Å². The summed E-state index contributed by atoms with van der Waals surface area (Å²) >= 11 is 0. The molecule has 0 spiro atoms. The number of furan rings is 1. The van der Waals surface area contributed by atoms with Gasteiger partial charge < -0.3 is 8.98 Å². The molecule has 0 fully saturated rings. The van der Waals surface area contributed by atoms with E-state index >= 15 is 0 Å². The van der Waals surface area contributed by atoms with Crippen molar-refractivity contribution in [1.82, 2.24) is 19.5 Å². The second-order valence-electron chi connectivity index (χ2n) is 16.7. The molecule has 14 aromatic rings. The van der Waals surface area contributed by atoms with Gasteiger partial charge in [-0.2, -0.15) is 0 Å². The van der Waals surface area contributed by atoms with Gasteiger partial charge in [-0.25, -0.2) is 15.0 Å². The molecule has 0 unspecified atom stereocenters. The number of nitrogens with zero attached hydrogens (tertiary/aromatic N) is 4. The fourth-order valence-corrected chi connectivity index (χ4v) is 10.3. The topological polar surface area (TPSA) is 56.7 Å². The van der Waals surface area contributed by atoms with Crippen LogP contribution in [0.1, 0.15) is 0 Å². The summed E-state index contributed by atoms with van der Waals surface area (Å²) in [5.74, 6) is 1.74. The Kier molecular flexibility index (Phi) is 7.33. The smallest absolute Gasteiger partial charge is 0.167 e. The molecule has 0 aliphatic heterocycles. The van der Waals surface area contributed by atoms with Gasteiger partial charge >= 0.3 is 0 Å². The lowest BCUT2D eigenvalue weighted by Gasteiger charge is -2.15. The minimum absolute atomic E-state index is 0.540. The normalized spacial score (nSPS) is 12.1. The lowest BCUT2D eigenvalue weighted by atomic mass is 9.96. The predicted molar refractivity (Wildman–Crippen MR) is 265 cm³/mol. The molecule has 0 aliphatic rings. The number of fused-ring (bicyclic) bond motifs is 13. The van der Waals surface area contributed by atoms with E-state index in [1.807, 2.05) is 6.07 Å². The van der Waals surface area contributed by atoms with Gasteiger partial charge in [0.25, 0.3) is 0 Å². The van der Waals surface area contributed by atoms with Crippen molar-refractivity contribution in [3.8, 4) is 39.9 Å². The van der Waals surface area contributed by atoms with Crippen molar-refractivity contribution < 1.29 is 4.42 Å². The van der Waals surface area contributed by atoms with Crippen LogP contribution in [0, 0.1) is 0 Å². The number of aromatic nitrogens is 4. The van der Waals surface area contributed by atoms with Crippen LogP contribution in [0.25, 0.3) is 137 Å². The highest BCUT2D eigenvalue weighted by Gasteiger charge is 2.24. The summed E-state index contributed by atoms with van der Waals surface area (Å²) in [5.41, 5.74) is 7.49. The quantitative estimate of drug-likeness (QED) is 0.166. The van der Waals surface area contributed by atoms with Crippen LogP contribution in [0.15, 0.2) is 211 Å². The van der Waals surface area contributed by atoms with Gasteiger partial charge in [0.1, 0.15) is 11.2 Å². The number of benzene rings is 11. The Labute approximate surface area is 366 Å². The zero-order valence-corrected chi connectivity index (χ0v) is 34.3. The van der Waals surface area contributed by atoms with Crippen molar-refractivity contribution in [2.75, 3.05) is 0 Å². The third-order valence-electron chi connectivity index (χ3n) is 13.2. The van der Waals surface area contributed by atoms with Crippen LogP contribution in [-0.4, -0.2) is 19.5 Å². The monoisotopic (exact) mass is 814 g/mol. The highest BCUT2D eigenvalue weighted by atomic mass is 16.3. The predicted octanol–water partition coefficient (Wildman–Crippen LogP) is 15.6. The fourth-order valence-electron chi connectivity index (χ4n) is 10.3. The molecular formula is C59H34N4O. The largest absolute Gasteiger partial charge is 0.455 e. The Bertz CT molecular complexity index is 4140. The van der Waals surface area contributed by atoms with E-state index in [0.29, 0.717) is 17.5 Å². The van der Waals surface area contributed by atoms with E-state index in [-0.39, 0.29) is 0 Å². The van der Waals surface area contributed by atoms with Crippen LogP contribution in [0.2, 0.25) is 0 Å². The van der Waals surface area contributed by atoms with Gasteiger partial charge in [-0.1, -0.05) is 158 Å². The van der Waals surface area contributed by atoms with Crippen molar-refractivity contribution in [3.63, 3.8) is 0 Å². The van der Waals surface area contributed by atoms with Gasteiger partial charge in [0.2, 0.25) is 0 Å². The Morgan fingerprint density at radius 3 is 1.41 bits per heavy atom. The summed E-state index contributed by atoms with van der Waals surface area (Å²) in [4.78, 5) is 16.3. The van der Waals surface area contributed by atoms with Crippen molar-refractivity contribution in [2.24, 2.45) is 0 Å². The first-order valence-corrected chi connectivity index (χ1v) is 21.7. The molecule has 5 heteroatoms. The lowest BCUT2D eigenvalue weighted by Crippen LogP contribution is -2.02. The van der Waals surface area contributed by atoms with E-state index in [1.165, 1.54) is 32.3 Å². The lowest BCUT2D eigenvalue weighted by molar-refractivity contribution is 0.669. The van der Waals surface area contributed by atoms with E-state index < -0.39 is 0 Å². The molecule has 0 radical (unpaired) electrons. The Morgan fingerprint density at radius 1 is 0.312 bits per heavy atom. The highest BCUT2D eigenvalue weighted by molar-refractivity contribution is 6.19. The molecular weight excluding hydrogens is 781 g/mol. The van der Waals surface area contributed by atoms with Gasteiger partial charge in [-0.15, -0.1) is 0 Å². The molecule has 64 heavy (non-hydrogen) atoms. The second-order valence-corrected chi connectivity index (χ2v) is 16.7. The maximum atomic E-state index is 7.00. The zero-order chi connectivity index (χ0) is 41.9. The van der Waals surface area contributed by atoms with Gasteiger partial charge in [0.15, 0.2) is 17.5 Å². The van der Waals surface area contributed by atoms with Gasteiger partial charge in [-0.05, 0) is 102 Å². The Morgan fingerprint density at radius 2 is 0.781 bits per heavy atom. The van der Waals surface area contributed by atoms with Crippen LogP contribution in [0.4, 0.5) is 0 Å². The maximum Gasteiger partial charge on any atom is 0.167 e. The van der Waals surface area contributed by atoms with Crippen LogP contribution in [0.5, 0.6) is 0 Å². The minimum atomic E-state index is 0.540. The summed E-state index contributed by atoms with van der Waals surface area (Å²) in [6, 6.07) is 73.3. The molecule has 0 bridgehead atoms. The molecule has 14 rings (SSSR count). The molecule has 5 nitrogen and oxygen atoms in total. The van der Waals surface area contributed by atoms with E-state index in [2.05, 4.69) is 205 Å². The van der Waals surface area contributed by atoms with Crippen molar-refractivity contribution >= 4 is 97.6 Å². The fraction of sp³-hybridized carbons (Fsp3) is 0. The first-order chi connectivity index (χ1) is 31.7. The number of rotatable bonds is 4. The average Bonchev–Trinajstić information content (AvgIpc) is 3.91. The summed E-state index contributed by atoms with van der Waals surface area (Å²) in [7, 11) is 0. The van der Waals surface area contributed by atoms with Gasteiger partial charge in [0, 0.05) is 27.3 Å². The number of hydrogen-bond acceptors (Lipinski definition) is 4. The molecule has 0 atom stereocenters. The SMILES string of the molecule is c1ccc2cc3c(cc2c1)c1ccccc1n3-c1ccc(-c2nc(-c3cc4ccccc4c4ccccc34)nc(-c3cc4ccccc4c4ccccc34)n2)c2oc3ccccc3c12. The van der Waals surface area contributed by atoms with Gasteiger partial charge in [0.05, 0.1) is 27.7 Å². The van der Waals surface area contributed by atoms with Crippen LogP contribution in [-0.2, 0) is 0 Å². The molecule has 3 aromatic heterocycles. The third kappa shape index (κ3) is 5.09. The average molecular weight is 815 g/mol. The molecule has 0 aliphatic carbocycles. The van der Waals surface area contributed by atoms with Gasteiger partial charge in [-0.3, -0.25) is 0 Å². The standard InChI is InChI=1S/C59H34N4O/c1-2-16-36-34-53-48(31-35(36)15-1)45-25-11-13-27-51(45)63(53)52-30-29-47(56-55(52)46-26-12-14-28-54(46)64-56)57-60-58(49-32-37-17-3-5-19-39(37)41-21-7-9-23-43(41)49)62-59(61-57)50-33-38-18-4-6-20-40(38)42-22-8-10-24-44(42)50/h1-34H. The first-order valence-electron chi connectivity index (χ1n) is 21.7. The number of para-hydroxylation sites is 2. The third-order valence-corrected chi connectivity index (χ3v) is 13.2. The van der Waals surface area contributed by atoms with Crippen LogP contribution in [0.3, 0.4) is 0 Å². The van der Waals surface area contributed by atoms with Crippen molar-refractivity contribution in [1.29, 1.82) is 0 Å². The zero-order valence-electron chi connectivity index (χ0n) is 34.3. The highest BCUT2D eigenvalue weighted by Crippen LogP contribution is 2.44. The maximum absolute atomic E-state index is 7.00. The summed E-state index contributed by atoms with van der Waals surface area (Å²) < 4.78 is 9.40. The van der Waals surface area contributed by atoms with E-state index in [0.717, 1.165) is 87.7 Å². The molecule has 0 N–H and O–H groups in total. The van der Waals surface area contributed by atoms with Crippen molar-refractivity contribution in [2.45, 2.75) is 0 Å². The minimum Gasteiger partial charge on any atom is -0.455 e. The Balaban J connectivity index is 1.09. The second kappa shape index (κ2) is 13.4. The molecule has 296 valence electrons. The van der Waals surface area contributed by atoms with Crippen LogP contribution >= 0.6 is 0 Å². The number of hydrogen-bond donors (Lipinski definition) is 0. The van der Waals surface area contributed by atoms with Crippen LogP contribution < -0.4 is 0 Å². The first kappa shape index (κ1) is 35.0. The van der Waals surface area contributed by atoms with E-state index in [4.69, 9.17) is 19.4 Å². The molecule has 0 amide bonds. The molecule has 0 saturated heterocycles. The molecule has 0 saturated carbocycles. The molecule has 11 aromatic carbocycles. The van der Waals surface area contributed by atoms with Crippen molar-refractivity contribution in [3.05, 3.63) is 206 Å². The van der Waals surface area contributed by atoms with E-state index in [1.54, 1.807) is 0 Å². The summed E-state index contributed by atoms with van der Waals surface area (Å²) in [6.45, 7) is 0. The Hall–Kier alpha value is -8.67.